The first-order valence-electron chi connectivity index (χ1n) is 3.70. The molecule has 3 N–H and O–H groups in total. The van der Waals surface area contributed by atoms with Gasteiger partial charge in [-0.05, 0) is 0 Å². The Bertz CT molecular complexity index is 328. The lowest BCUT2D eigenvalue weighted by Gasteiger charge is -2.06. The summed E-state index contributed by atoms with van der Waals surface area (Å²) in [5.41, 5.74) is 6.41. The number of hydrogen-bond donors (Lipinski definition) is 2. The fraction of sp³-hybridized carbons (Fsp3) is 0.250. The smallest absolute Gasteiger partial charge is 0.256 e. The summed E-state index contributed by atoms with van der Waals surface area (Å²) in [6.07, 6.45) is 3.26. The van der Waals surface area contributed by atoms with Crippen molar-refractivity contribution in [2.24, 2.45) is 5.73 Å². The number of allylic oxidation sites excluding steroid dienone is 1. The van der Waals surface area contributed by atoms with E-state index in [9.17, 15) is 9.59 Å². The maximum atomic E-state index is 11.2. The fourth-order valence-electron chi connectivity index (χ4n) is 1.45. The number of nitrogens with one attached hydrogen (secondary N) is 1. The van der Waals surface area contributed by atoms with Crippen molar-refractivity contribution in [3.63, 3.8) is 0 Å². The van der Waals surface area contributed by atoms with Crippen LogP contribution in [0.25, 0.3) is 0 Å². The van der Waals surface area contributed by atoms with Crippen molar-refractivity contribution in [1.29, 1.82) is 0 Å². The summed E-state index contributed by atoms with van der Waals surface area (Å²) in [4.78, 5) is 22.3. The van der Waals surface area contributed by atoms with Crippen LogP contribution in [0.5, 0.6) is 0 Å². The Morgan fingerprint density at radius 3 is 2.92 bits per heavy atom. The number of nitrogens with two attached hydrogens (primary N) is 1. The third kappa shape index (κ3) is 0.816. The Kier molecular flexibility index (Phi) is 1.38. The van der Waals surface area contributed by atoms with Gasteiger partial charge in [-0.25, -0.2) is 0 Å². The van der Waals surface area contributed by atoms with Gasteiger partial charge in [-0.3, -0.25) is 9.59 Å². The number of Topliss-reactive ketones (excluding diaryl/α,β-unsaturated/α-hetero) is 1. The summed E-state index contributed by atoms with van der Waals surface area (Å²) in [6.45, 7) is 0. The number of amides is 1. The van der Waals surface area contributed by atoms with Gasteiger partial charge >= 0.3 is 0 Å². The SMILES string of the molecule is NC1NC(=O)C2=C1C=CCC2=O. The van der Waals surface area contributed by atoms with Gasteiger partial charge in [0.2, 0.25) is 0 Å². The van der Waals surface area contributed by atoms with Gasteiger partial charge in [-0.2, -0.15) is 0 Å². The van der Waals surface area contributed by atoms with E-state index in [4.69, 9.17) is 5.73 Å². The van der Waals surface area contributed by atoms with Crippen molar-refractivity contribution in [2.45, 2.75) is 12.6 Å². The van der Waals surface area contributed by atoms with Crippen LogP contribution < -0.4 is 11.1 Å². The number of rotatable bonds is 0. The normalized spacial score (nSPS) is 27.6. The Morgan fingerprint density at radius 1 is 1.50 bits per heavy atom. The van der Waals surface area contributed by atoms with Crippen LogP contribution in [0.2, 0.25) is 0 Å². The van der Waals surface area contributed by atoms with E-state index < -0.39 is 6.17 Å². The molecule has 0 saturated carbocycles. The van der Waals surface area contributed by atoms with E-state index in [1.165, 1.54) is 0 Å². The lowest BCUT2D eigenvalue weighted by atomic mass is 9.97. The molecule has 0 aromatic heterocycles. The predicted molar refractivity (Wildman–Crippen MR) is 41.9 cm³/mol. The molecule has 0 spiro atoms. The van der Waals surface area contributed by atoms with Gasteiger partial charge in [0, 0.05) is 12.0 Å². The van der Waals surface area contributed by atoms with Crippen molar-refractivity contribution in [3.8, 4) is 0 Å². The average molecular weight is 164 g/mol. The molecule has 2 aliphatic rings. The molecule has 62 valence electrons. The molecule has 1 unspecified atom stereocenters. The van der Waals surface area contributed by atoms with Gasteiger partial charge in [0.1, 0.15) is 6.17 Å². The molecule has 0 radical (unpaired) electrons. The summed E-state index contributed by atoms with van der Waals surface area (Å²) in [5.74, 6) is -0.482. The Morgan fingerprint density at radius 2 is 2.25 bits per heavy atom. The van der Waals surface area contributed by atoms with E-state index in [0.29, 0.717) is 12.0 Å². The second kappa shape index (κ2) is 2.28. The Labute approximate surface area is 69.1 Å². The molecule has 2 rings (SSSR count). The molecule has 0 aromatic carbocycles. The van der Waals surface area contributed by atoms with Crippen LogP contribution in [0, 0.1) is 0 Å². The topological polar surface area (TPSA) is 72.2 Å². The van der Waals surface area contributed by atoms with E-state index in [2.05, 4.69) is 5.32 Å². The summed E-state index contributed by atoms with van der Waals surface area (Å²) in [7, 11) is 0. The van der Waals surface area contributed by atoms with Crippen molar-refractivity contribution in [2.75, 3.05) is 0 Å². The van der Waals surface area contributed by atoms with Crippen LogP contribution in [0.15, 0.2) is 23.3 Å². The maximum Gasteiger partial charge on any atom is 0.256 e. The third-order valence-electron chi connectivity index (χ3n) is 2.02. The van der Waals surface area contributed by atoms with Gasteiger partial charge in [0.15, 0.2) is 5.78 Å². The predicted octanol–water partition coefficient (Wildman–Crippen LogP) is -0.773. The van der Waals surface area contributed by atoms with Gasteiger partial charge < -0.3 is 11.1 Å². The monoisotopic (exact) mass is 164 g/mol. The molecule has 0 bridgehead atoms. The lowest BCUT2D eigenvalue weighted by molar-refractivity contribution is -0.121. The minimum Gasteiger partial charge on any atom is -0.333 e. The van der Waals surface area contributed by atoms with E-state index in [1.807, 2.05) is 0 Å². The van der Waals surface area contributed by atoms with Gasteiger partial charge in [-0.1, -0.05) is 12.2 Å². The quantitative estimate of drug-likeness (QED) is 0.461. The van der Waals surface area contributed by atoms with Crippen molar-refractivity contribution < 1.29 is 9.59 Å². The minimum atomic E-state index is -0.506. The molecular formula is C8H8N2O2. The molecule has 0 aromatic rings. The van der Waals surface area contributed by atoms with Gasteiger partial charge in [0.05, 0.1) is 5.57 Å². The van der Waals surface area contributed by atoms with E-state index >= 15 is 0 Å². The van der Waals surface area contributed by atoms with Gasteiger partial charge in [0.25, 0.3) is 5.91 Å². The highest BCUT2D eigenvalue weighted by atomic mass is 16.2. The molecule has 1 atom stereocenters. The van der Waals surface area contributed by atoms with Crippen LogP contribution in [0.1, 0.15) is 6.42 Å². The van der Waals surface area contributed by atoms with Gasteiger partial charge in [-0.15, -0.1) is 0 Å². The molecule has 0 saturated heterocycles. The third-order valence-corrected chi connectivity index (χ3v) is 2.02. The summed E-state index contributed by atoms with van der Waals surface area (Å²) in [5, 5.41) is 2.48. The number of ketones is 1. The first kappa shape index (κ1) is 7.24. The Hall–Kier alpha value is -1.42. The summed E-state index contributed by atoms with van der Waals surface area (Å²) in [6, 6.07) is 0. The minimum absolute atomic E-state index is 0.141. The number of carbonyl (C=O) groups is 2. The largest absolute Gasteiger partial charge is 0.333 e. The molecule has 1 amide bonds. The van der Waals surface area contributed by atoms with Crippen LogP contribution in [0.4, 0.5) is 0 Å². The van der Waals surface area contributed by atoms with Crippen LogP contribution >= 0.6 is 0 Å². The summed E-state index contributed by atoms with van der Waals surface area (Å²) >= 11 is 0. The van der Waals surface area contributed by atoms with Crippen molar-refractivity contribution in [1.82, 2.24) is 5.32 Å². The zero-order valence-corrected chi connectivity index (χ0v) is 6.33. The van der Waals surface area contributed by atoms with Crippen LogP contribution in [-0.2, 0) is 9.59 Å². The molecular weight excluding hydrogens is 156 g/mol. The highest BCUT2D eigenvalue weighted by Crippen LogP contribution is 2.22. The average Bonchev–Trinajstić information content (AvgIpc) is 2.29. The molecule has 1 heterocycles. The van der Waals surface area contributed by atoms with Crippen molar-refractivity contribution in [3.05, 3.63) is 23.3 Å². The number of hydrogen-bond acceptors (Lipinski definition) is 3. The molecule has 4 nitrogen and oxygen atoms in total. The van der Waals surface area contributed by atoms with E-state index in [0.717, 1.165) is 0 Å². The first-order chi connectivity index (χ1) is 5.70. The number of carbonyl (C=O) groups excluding carboxylic acids is 2. The second-order valence-electron chi connectivity index (χ2n) is 2.81. The zero-order chi connectivity index (χ0) is 8.72. The maximum absolute atomic E-state index is 11.2. The van der Waals surface area contributed by atoms with Crippen molar-refractivity contribution >= 4 is 11.7 Å². The molecule has 4 heteroatoms. The van der Waals surface area contributed by atoms with E-state index in [1.54, 1.807) is 12.2 Å². The second-order valence-corrected chi connectivity index (χ2v) is 2.81. The van der Waals surface area contributed by atoms with Crippen LogP contribution in [-0.4, -0.2) is 17.9 Å². The van der Waals surface area contributed by atoms with E-state index in [-0.39, 0.29) is 17.3 Å². The lowest BCUT2D eigenvalue weighted by Crippen LogP contribution is -2.36. The molecule has 12 heavy (non-hydrogen) atoms. The van der Waals surface area contributed by atoms with Crippen LogP contribution in [0.3, 0.4) is 0 Å². The molecule has 0 fully saturated rings. The Balaban J connectivity index is 2.52. The molecule has 1 aliphatic carbocycles. The molecule has 1 aliphatic heterocycles. The highest BCUT2D eigenvalue weighted by Gasteiger charge is 2.33. The highest BCUT2D eigenvalue weighted by molar-refractivity contribution is 6.23. The zero-order valence-electron chi connectivity index (χ0n) is 6.33. The standard InChI is InChI=1S/C8H8N2O2/c9-7-4-2-1-3-5(11)6(4)8(12)10-7/h1-2,7H,3,9H2,(H,10,12). The first-order valence-corrected chi connectivity index (χ1v) is 3.70. The fourth-order valence-corrected chi connectivity index (χ4v) is 1.45. The summed E-state index contributed by atoms with van der Waals surface area (Å²) < 4.78 is 0.